The standard InChI is InChI=1S/C13H13N3O2/c1-17-11-5-2-4-10(8-11)9-12-15-13(18-16-12)6-3-7-14/h2,4-5,8H,3,6,9H2,1H3. The van der Waals surface area contributed by atoms with Gasteiger partial charge < -0.3 is 9.26 Å². The van der Waals surface area contributed by atoms with Crippen LogP contribution >= 0.6 is 0 Å². The molecule has 5 heteroatoms. The number of methoxy groups -OCH3 is 1. The van der Waals surface area contributed by atoms with Crippen LogP contribution in [0.15, 0.2) is 28.8 Å². The number of ether oxygens (including phenoxy) is 1. The molecule has 0 amide bonds. The van der Waals surface area contributed by atoms with Crippen molar-refractivity contribution in [3.63, 3.8) is 0 Å². The van der Waals surface area contributed by atoms with Crippen molar-refractivity contribution in [3.05, 3.63) is 41.5 Å². The molecule has 0 atom stereocenters. The van der Waals surface area contributed by atoms with E-state index in [1.807, 2.05) is 30.3 Å². The second-order valence-corrected chi connectivity index (χ2v) is 3.79. The summed E-state index contributed by atoms with van der Waals surface area (Å²) in [5.41, 5.74) is 1.06. The number of nitrogens with zero attached hydrogens (tertiary/aromatic N) is 3. The summed E-state index contributed by atoms with van der Waals surface area (Å²) in [7, 11) is 1.63. The predicted molar refractivity (Wildman–Crippen MR) is 64.0 cm³/mol. The Hall–Kier alpha value is -2.35. The maximum atomic E-state index is 8.47. The van der Waals surface area contributed by atoms with Crippen molar-refractivity contribution in [2.45, 2.75) is 19.3 Å². The Labute approximate surface area is 105 Å². The molecule has 0 aliphatic carbocycles. The van der Waals surface area contributed by atoms with Gasteiger partial charge in [0, 0.05) is 19.3 Å². The number of aromatic nitrogens is 2. The van der Waals surface area contributed by atoms with Gasteiger partial charge in [0.2, 0.25) is 5.89 Å². The van der Waals surface area contributed by atoms with E-state index in [0.717, 1.165) is 11.3 Å². The maximum Gasteiger partial charge on any atom is 0.227 e. The highest BCUT2D eigenvalue weighted by molar-refractivity contribution is 5.30. The van der Waals surface area contributed by atoms with E-state index in [1.165, 1.54) is 0 Å². The molecule has 0 spiro atoms. The van der Waals surface area contributed by atoms with Crippen molar-refractivity contribution in [1.29, 1.82) is 5.26 Å². The van der Waals surface area contributed by atoms with Crippen LogP contribution < -0.4 is 4.74 Å². The summed E-state index contributed by atoms with van der Waals surface area (Å²) in [5.74, 6) is 1.94. The Bertz CT molecular complexity index is 557. The topological polar surface area (TPSA) is 71.9 Å². The molecule has 0 N–H and O–H groups in total. The Morgan fingerprint density at radius 2 is 2.33 bits per heavy atom. The summed E-state index contributed by atoms with van der Waals surface area (Å²) < 4.78 is 10.2. The van der Waals surface area contributed by atoms with E-state index in [1.54, 1.807) is 7.11 Å². The molecule has 0 radical (unpaired) electrons. The van der Waals surface area contributed by atoms with Gasteiger partial charge in [-0.15, -0.1) is 0 Å². The highest BCUT2D eigenvalue weighted by atomic mass is 16.5. The highest BCUT2D eigenvalue weighted by Crippen LogP contribution is 2.15. The second kappa shape index (κ2) is 5.82. The molecule has 1 heterocycles. The maximum absolute atomic E-state index is 8.47. The van der Waals surface area contributed by atoms with Gasteiger partial charge in [-0.2, -0.15) is 10.2 Å². The number of nitriles is 1. The van der Waals surface area contributed by atoms with Crippen LogP contribution in [-0.4, -0.2) is 17.3 Å². The molecule has 0 unspecified atom stereocenters. The van der Waals surface area contributed by atoms with Crippen molar-refractivity contribution < 1.29 is 9.26 Å². The normalized spacial score (nSPS) is 10.0. The van der Waals surface area contributed by atoms with Crippen LogP contribution in [-0.2, 0) is 12.8 Å². The molecular formula is C13H13N3O2. The van der Waals surface area contributed by atoms with Gasteiger partial charge in [0.1, 0.15) is 5.75 Å². The van der Waals surface area contributed by atoms with E-state index >= 15 is 0 Å². The van der Waals surface area contributed by atoms with E-state index in [2.05, 4.69) is 10.1 Å². The highest BCUT2D eigenvalue weighted by Gasteiger charge is 2.07. The smallest absolute Gasteiger partial charge is 0.227 e. The van der Waals surface area contributed by atoms with Gasteiger partial charge in [-0.3, -0.25) is 0 Å². The van der Waals surface area contributed by atoms with Crippen molar-refractivity contribution in [2.24, 2.45) is 0 Å². The summed E-state index contributed by atoms with van der Waals surface area (Å²) >= 11 is 0. The fourth-order valence-electron chi connectivity index (χ4n) is 1.59. The Morgan fingerprint density at radius 3 is 3.11 bits per heavy atom. The van der Waals surface area contributed by atoms with Crippen LogP contribution in [0.1, 0.15) is 23.7 Å². The van der Waals surface area contributed by atoms with E-state index in [0.29, 0.717) is 31.0 Å². The average molecular weight is 243 g/mol. The van der Waals surface area contributed by atoms with Crippen molar-refractivity contribution in [2.75, 3.05) is 7.11 Å². The quantitative estimate of drug-likeness (QED) is 0.804. The molecule has 2 aromatic rings. The molecule has 92 valence electrons. The molecule has 1 aromatic carbocycles. The van der Waals surface area contributed by atoms with Crippen molar-refractivity contribution in [1.82, 2.24) is 10.1 Å². The molecule has 0 fully saturated rings. The lowest BCUT2D eigenvalue weighted by molar-refractivity contribution is 0.374. The first-order valence-corrected chi connectivity index (χ1v) is 5.63. The minimum Gasteiger partial charge on any atom is -0.497 e. The van der Waals surface area contributed by atoms with Gasteiger partial charge in [0.15, 0.2) is 5.82 Å². The first kappa shape index (κ1) is 12.1. The molecular weight excluding hydrogens is 230 g/mol. The fourth-order valence-corrected chi connectivity index (χ4v) is 1.59. The minimum atomic E-state index is 0.390. The van der Waals surface area contributed by atoms with Gasteiger partial charge in [0.05, 0.1) is 13.2 Å². The predicted octanol–water partition coefficient (Wildman–Crippen LogP) is 2.13. The number of rotatable bonds is 5. The largest absolute Gasteiger partial charge is 0.497 e. The van der Waals surface area contributed by atoms with E-state index in [4.69, 9.17) is 14.5 Å². The fraction of sp³-hybridized carbons (Fsp3) is 0.308. The summed E-state index contributed by atoms with van der Waals surface area (Å²) in [4.78, 5) is 4.23. The molecule has 0 bridgehead atoms. The molecule has 18 heavy (non-hydrogen) atoms. The van der Waals surface area contributed by atoms with Crippen LogP contribution in [0.3, 0.4) is 0 Å². The zero-order valence-corrected chi connectivity index (χ0v) is 10.1. The van der Waals surface area contributed by atoms with Crippen LogP contribution in [0, 0.1) is 11.3 Å². The van der Waals surface area contributed by atoms with E-state index < -0.39 is 0 Å². The minimum absolute atomic E-state index is 0.390. The SMILES string of the molecule is COc1cccc(Cc2noc(CCC#N)n2)c1. The first-order chi connectivity index (χ1) is 8.81. The summed E-state index contributed by atoms with van der Waals surface area (Å²) in [6.45, 7) is 0. The lowest BCUT2D eigenvalue weighted by atomic mass is 10.1. The lowest BCUT2D eigenvalue weighted by Crippen LogP contribution is -1.92. The third-order valence-corrected chi connectivity index (χ3v) is 2.46. The monoisotopic (exact) mass is 243 g/mol. The Kier molecular flexibility index (Phi) is 3.92. The van der Waals surface area contributed by atoms with E-state index in [-0.39, 0.29) is 0 Å². The van der Waals surface area contributed by atoms with Gasteiger partial charge in [-0.25, -0.2) is 0 Å². The zero-order chi connectivity index (χ0) is 12.8. The summed E-state index contributed by atoms with van der Waals surface area (Å²) in [6, 6.07) is 9.77. The number of hydrogen-bond acceptors (Lipinski definition) is 5. The van der Waals surface area contributed by atoms with Crippen LogP contribution in [0.25, 0.3) is 0 Å². The molecule has 0 saturated carbocycles. The number of aryl methyl sites for hydroxylation is 1. The van der Waals surface area contributed by atoms with Gasteiger partial charge in [-0.1, -0.05) is 17.3 Å². The van der Waals surface area contributed by atoms with Crippen LogP contribution in [0.4, 0.5) is 0 Å². The first-order valence-electron chi connectivity index (χ1n) is 5.63. The van der Waals surface area contributed by atoms with E-state index in [9.17, 15) is 0 Å². The molecule has 0 aliphatic heterocycles. The van der Waals surface area contributed by atoms with Crippen molar-refractivity contribution >= 4 is 0 Å². The molecule has 2 rings (SSSR count). The Morgan fingerprint density at radius 1 is 1.44 bits per heavy atom. The number of hydrogen-bond donors (Lipinski definition) is 0. The van der Waals surface area contributed by atoms with Crippen molar-refractivity contribution in [3.8, 4) is 11.8 Å². The zero-order valence-electron chi connectivity index (χ0n) is 10.1. The second-order valence-electron chi connectivity index (χ2n) is 3.79. The third-order valence-electron chi connectivity index (χ3n) is 2.46. The average Bonchev–Trinajstić information content (AvgIpc) is 2.84. The third kappa shape index (κ3) is 3.08. The number of benzene rings is 1. The van der Waals surface area contributed by atoms with Crippen LogP contribution in [0.2, 0.25) is 0 Å². The molecule has 1 aromatic heterocycles. The lowest BCUT2D eigenvalue weighted by Gasteiger charge is -2.01. The summed E-state index contributed by atoms with van der Waals surface area (Å²) in [5, 5.41) is 12.4. The molecule has 0 saturated heterocycles. The Balaban J connectivity index is 2.04. The van der Waals surface area contributed by atoms with Crippen LogP contribution in [0.5, 0.6) is 5.75 Å². The summed E-state index contributed by atoms with van der Waals surface area (Å²) in [6.07, 6.45) is 1.48. The van der Waals surface area contributed by atoms with Gasteiger partial charge in [0.25, 0.3) is 0 Å². The molecule has 0 aliphatic rings. The molecule has 5 nitrogen and oxygen atoms in total. The van der Waals surface area contributed by atoms with Gasteiger partial charge >= 0.3 is 0 Å². The van der Waals surface area contributed by atoms with Gasteiger partial charge in [-0.05, 0) is 17.7 Å².